The quantitative estimate of drug-likeness (QED) is 0.395. The number of ether oxygens (including phenoxy) is 3. The molecule has 4 saturated heterocycles. The number of nitrogens with zero attached hydrogens (tertiary/aromatic N) is 3. The predicted octanol–water partition coefficient (Wildman–Crippen LogP) is -0.367. The third-order valence-corrected chi connectivity index (χ3v) is 7.56. The van der Waals surface area contributed by atoms with Gasteiger partial charge in [0.1, 0.15) is 6.23 Å². The minimum absolute atomic E-state index is 0.0217. The van der Waals surface area contributed by atoms with E-state index in [0.717, 1.165) is 44.5 Å². The second kappa shape index (κ2) is 10.8. The number of aryl methyl sites for hydroxylation is 1. The molecule has 0 saturated carbocycles. The van der Waals surface area contributed by atoms with Gasteiger partial charge in [0.05, 0.1) is 43.9 Å². The summed E-state index contributed by atoms with van der Waals surface area (Å²) in [6.45, 7) is 8.10. The molecule has 4 aliphatic rings. The number of piperidine rings is 1. The Morgan fingerprint density at radius 3 is 2.88 bits per heavy atom. The minimum atomic E-state index is 0.0217. The lowest BCUT2D eigenvalue weighted by Gasteiger charge is -2.43. The Morgan fingerprint density at radius 1 is 1.15 bits per heavy atom. The smallest absolute Gasteiger partial charge is 0.236 e. The zero-order valence-corrected chi connectivity index (χ0v) is 20.9. The molecule has 1 aromatic heterocycles. The van der Waals surface area contributed by atoms with E-state index in [0.29, 0.717) is 25.0 Å². The van der Waals surface area contributed by atoms with Crippen LogP contribution in [0.15, 0.2) is 6.20 Å². The summed E-state index contributed by atoms with van der Waals surface area (Å²) >= 11 is 0. The molecule has 34 heavy (non-hydrogen) atoms. The largest absolute Gasteiger partial charge is 0.477 e. The van der Waals surface area contributed by atoms with Crippen molar-refractivity contribution in [1.82, 2.24) is 41.5 Å². The van der Waals surface area contributed by atoms with Crippen molar-refractivity contribution in [3.05, 3.63) is 11.8 Å². The van der Waals surface area contributed by atoms with Gasteiger partial charge in [0.2, 0.25) is 5.88 Å². The maximum Gasteiger partial charge on any atom is 0.236 e. The molecule has 5 heterocycles. The highest BCUT2D eigenvalue weighted by molar-refractivity contribution is 5.30. The molecule has 192 valence electrons. The number of hydrogen-bond donors (Lipinski definition) is 5. The first-order valence-corrected chi connectivity index (χ1v) is 12.9. The summed E-state index contributed by atoms with van der Waals surface area (Å²) in [6.07, 6.45) is 5.61. The second-order valence-corrected chi connectivity index (χ2v) is 10.1. The van der Waals surface area contributed by atoms with Crippen molar-refractivity contribution in [2.75, 3.05) is 39.9 Å². The molecule has 0 aliphatic carbocycles. The van der Waals surface area contributed by atoms with Gasteiger partial charge in [0, 0.05) is 57.2 Å². The number of rotatable bonds is 3. The SMILES string of the molecule is CCOc1nn(C)cc1C1CNC2CC1O[C@@H](C)CCOC1C(CNN1C)C1NCCC(N2)N1. The fraction of sp³-hybridized carbons (Fsp3) is 0.870. The number of aromatic nitrogens is 2. The fourth-order valence-corrected chi connectivity index (χ4v) is 5.82. The Balaban J connectivity index is 1.36. The minimum Gasteiger partial charge on any atom is -0.477 e. The topological polar surface area (TPSA) is 109 Å². The zero-order chi connectivity index (χ0) is 23.7. The maximum absolute atomic E-state index is 6.70. The van der Waals surface area contributed by atoms with Crippen LogP contribution < -0.4 is 31.4 Å². The van der Waals surface area contributed by atoms with E-state index in [-0.39, 0.29) is 42.9 Å². The van der Waals surface area contributed by atoms with E-state index in [1.807, 2.05) is 18.7 Å². The number of fused-ring (bicyclic) bond motifs is 6. The second-order valence-electron chi connectivity index (χ2n) is 10.1. The van der Waals surface area contributed by atoms with Gasteiger partial charge in [-0.15, -0.1) is 5.10 Å². The standard InChI is InChI=1S/C23H42N8O3/c1-5-32-22-17(13-30(3)29-22)15-11-25-20-10-18(15)34-14(2)7-9-33-23-16(12-26-31(23)4)21-24-8-6-19(27-20)28-21/h13-16,18-21,23-28H,5-12H2,1-4H3/t14-,15?,16?,18?,19?,20?,21?,23?/m0/s1. The average Bonchev–Trinajstić information content (AvgIpc) is 3.36. The average molecular weight is 479 g/mol. The van der Waals surface area contributed by atoms with Crippen LogP contribution in [-0.4, -0.2) is 91.6 Å². The molecule has 0 spiro atoms. The van der Waals surface area contributed by atoms with Gasteiger partial charge in [0.15, 0.2) is 0 Å². The summed E-state index contributed by atoms with van der Waals surface area (Å²) in [5.41, 5.74) is 4.57. The van der Waals surface area contributed by atoms with Crippen LogP contribution in [-0.2, 0) is 16.5 Å². The van der Waals surface area contributed by atoms with Gasteiger partial charge in [0.25, 0.3) is 0 Å². The molecule has 7 unspecified atom stereocenters. The number of hydrogen-bond acceptors (Lipinski definition) is 10. The highest BCUT2D eigenvalue weighted by Crippen LogP contribution is 2.34. The Bertz CT molecular complexity index is 809. The van der Waals surface area contributed by atoms with Crippen molar-refractivity contribution in [3.63, 3.8) is 0 Å². The Kier molecular flexibility index (Phi) is 7.71. The van der Waals surface area contributed by atoms with Crippen molar-refractivity contribution in [2.45, 2.75) is 76.0 Å². The van der Waals surface area contributed by atoms with E-state index in [1.54, 1.807) is 0 Å². The molecule has 1 aromatic rings. The Labute approximate surface area is 202 Å². The van der Waals surface area contributed by atoms with Gasteiger partial charge in [-0.3, -0.25) is 20.7 Å². The van der Waals surface area contributed by atoms with Crippen LogP contribution in [0.25, 0.3) is 0 Å². The summed E-state index contributed by atoms with van der Waals surface area (Å²) in [4.78, 5) is 0. The van der Waals surface area contributed by atoms with Crippen molar-refractivity contribution in [2.24, 2.45) is 13.0 Å². The van der Waals surface area contributed by atoms with E-state index >= 15 is 0 Å². The Morgan fingerprint density at radius 2 is 2.03 bits per heavy atom. The molecule has 11 nitrogen and oxygen atoms in total. The summed E-state index contributed by atoms with van der Waals surface area (Å²) in [7, 11) is 4.01. The molecule has 0 radical (unpaired) electrons. The maximum atomic E-state index is 6.70. The summed E-state index contributed by atoms with van der Waals surface area (Å²) in [5, 5.41) is 21.7. The normalized spacial score (nSPS) is 39.9. The molecule has 4 bridgehead atoms. The zero-order valence-electron chi connectivity index (χ0n) is 20.9. The third-order valence-electron chi connectivity index (χ3n) is 7.56. The highest BCUT2D eigenvalue weighted by atomic mass is 16.5. The molecule has 0 aromatic carbocycles. The first-order valence-electron chi connectivity index (χ1n) is 12.9. The van der Waals surface area contributed by atoms with Crippen LogP contribution in [0.5, 0.6) is 5.88 Å². The molecule has 0 amide bonds. The van der Waals surface area contributed by atoms with Crippen molar-refractivity contribution >= 4 is 0 Å². The molecular formula is C23H42N8O3. The van der Waals surface area contributed by atoms with Crippen LogP contribution in [0, 0.1) is 5.92 Å². The first-order chi connectivity index (χ1) is 16.5. The van der Waals surface area contributed by atoms with Crippen LogP contribution in [0.3, 0.4) is 0 Å². The van der Waals surface area contributed by atoms with Crippen molar-refractivity contribution < 1.29 is 14.2 Å². The fourth-order valence-electron chi connectivity index (χ4n) is 5.82. The summed E-state index contributed by atoms with van der Waals surface area (Å²) in [6, 6.07) is 0. The van der Waals surface area contributed by atoms with Gasteiger partial charge in [-0.1, -0.05) is 0 Å². The predicted molar refractivity (Wildman–Crippen MR) is 128 cm³/mol. The van der Waals surface area contributed by atoms with Gasteiger partial charge >= 0.3 is 0 Å². The van der Waals surface area contributed by atoms with Crippen LogP contribution >= 0.6 is 0 Å². The van der Waals surface area contributed by atoms with Crippen molar-refractivity contribution in [1.29, 1.82) is 0 Å². The van der Waals surface area contributed by atoms with Gasteiger partial charge in [-0.25, -0.2) is 5.01 Å². The van der Waals surface area contributed by atoms with E-state index in [4.69, 9.17) is 14.2 Å². The number of hydrazine groups is 1. The van der Waals surface area contributed by atoms with E-state index in [9.17, 15) is 0 Å². The lowest BCUT2D eigenvalue weighted by Crippen LogP contribution is -2.66. The van der Waals surface area contributed by atoms with E-state index in [2.05, 4.69) is 57.0 Å². The first kappa shape index (κ1) is 24.4. The van der Waals surface area contributed by atoms with Gasteiger partial charge < -0.3 is 24.8 Å². The molecular weight excluding hydrogens is 436 g/mol. The van der Waals surface area contributed by atoms with Gasteiger partial charge in [-0.2, -0.15) is 0 Å². The summed E-state index contributed by atoms with van der Waals surface area (Å²) < 4.78 is 20.8. The summed E-state index contributed by atoms with van der Waals surface area (Å²) in [5.74, 6) is 1.22. The molecule has 4 aliphatic heterocycles. The number of nitrogens with one attached hydrogen (secondary N) is 5. The molecule has 5 N–H and O–H groups in total. The molecule has 4 fully saturated rings. The molecule has 8 atom stereocenters. The molecule has 11 heteroatoms. The van der Waals surface area contributed by atoms with Crippen LogP contribution in [0.2, 0.25) is 0 Å². The van der Waals surface area contributed by atoms with E-state index < -0.39 is 0 Å². The Hall–Kier alpha value is -1.31. The highest BCUT2D eigenvalue weighted by Gasteiger charge is 2.42. The monoisotopic (exact) mass is 478 g/mol. The lowest BCUT2D eigenvalue weighted by molar-refractivity contribution is -0.0967. The third kappa shape index (κ3) is 5.26. The van der Waals surface area contributed by atoms with Gasteiger partial charge in [-0.05, 0) is 33.2 Å². The lowest BCUT2D eigenvalue weighted by atomic mass is 9.88. The van der Waals surface area contributed by atoms with E-state index in [1.165, 1.54) is 0 Å². The molecule has 5 rings (SSSR count). The van der Waals surface area contributed by atoms with Crippen molar-refractivity contribution in [3.8, 4) is 5.88 Å². The van der Waals surface area contributed by atoms with Crippen LogP contribution in [0.4, 0.5) is 0 Å². The van der Waals surface area contributed by atoms with Crippen LogP contribution in [0.1, 0.15) is 44.6 Å².